The van der Waals surface area contributed by atoms with Gasteiger partial charge in [0.25, 0.3) is 0 Å². The molecule has 0 aromatic carbocycles. The summed E-state index contributed by atoms with van der Waals surface area (Å²) < 4.78 is 4.99. The summed E-state index contributed by atoms with van der Waals surface area (Å²) in [5.41, 5.74) is 6.23. The van der Waals surface area contributed by atoms with Crippen molar-refractivity contribution in [2.75, 3.05) is 31.3 Å². The fraction of sp³-hybridized carbons (Fsp3) is 0.600. The summed E-state index contributed by atoms with van der Waals surface area (Å²) in [7, 11) is 1.51. The van der Waals surface area contributed by atoms with Gasteiger partial charge in [-0.2, -0.15) is 4.98 Å². The minimum atomic E-state index is 0.0185. The Hall–Kier alpha value is -1.56. The Kier molecular flexibility index (Phi) is 2.82. The molecule has 0 saturated heterocycles. The second kappa shape index (κ2) is 4.13. The summed E-state index contributed by atoms with van der Waals surface area (Å²) in [6, 6.07) is 0. The molecule has 0 atom stereocenters. The van der Waals surface area contributed by atoms with Gasteiger partial charge in [-0.05, 0) is 12.8 Å². The van der Waals surface area contributed by atoms with Crippen molar-refractivity contribution in [1.82, 2.24) is 9.97 Å². The molecule has 0 aliphatic heterocycles. The maximum atomic E-state index is 9.18. The summed E-state index contributed by atoms with van der Waals surface area (Å²) in [4.78, 5) is 7.93. The number of rotatable bonds is 5. The first-order chi connectivity index (χ1) is 7.71. The number of ether oxygens (including phenoxy) is 1. The summed E-state index contributed by atoms with van der Waals surface area (Å²) in [5.74, 6) is 0.929. The van der Waals surface area contributed by atoms with E-state index in [1.165, 1.54) is 13.4 Å². The summed E-state index contributed by atoms with van der Waals surface area (Å²) in [6.45, 7) is 0.871. The number of aromatic nitrogens is 2. The van der Waals surface area contributed by atoms with Gasteiger partial charge in [-0.25, -0.2) is 4.98 Å². The molecular formula is C10H16N4O2. The molecule has 6 heteroatoms. The molecule has 1 heterocycles. The van der Waals surface area contributed by atoms with E-state index in [1.54, 1.807) is 0 Å². The highest BCUT2D eigenvalue weighted by Crippen LogP contribution is 2.45. The van der Waals surface area contributed by atoms with E-state index in [1.807, 2.05) is 0 Å². The zero-order valence-corrected chi connectivity index (χ0v) is 9.23. The van der Waals surface area contributed by atoms with E-state index < -0.39 is 0 Å². The van der Waals surface area contributed by atoms with Crippen LogP contribution >= 0.6 is 0 Å². The first-order valence-corrected chi connectivity index (χ1v) is 5.20. The van der Waals surface area contributed by atoms with Gasteiger partial charge in [0.05, 0.1) is 13.7 Å². The normalized spacial score (nSPS) is 16.9. The molecule has 1 fully saturated rings. The molecule has 2 rings (SSSR count). The van der Waals surface area contributed by atoms with Crippen molar-refractivity contribution < 1.29 is 9.84 Å². The highest BCUT2D eigenvalue weighted by atomic mass is 16.5. The Balaban J connectivity index is 2.04. The average Bonchev–Trinajstić information content (AvgIpc) is 3.08. The number of anilines is 2. The van der Waals surface area contributed by atoms with Gasteiger partial charge in [-0.15, -0.1) is 0 Å². The highest BCUT2D eigenvalue weighted by Gasteiger charge is 2.41. The van der Waals surface area contributed by atoms with Crippen LogP contribution in [0.5, 0.6) is 5.88 Å². The summed E-state index contributed by atoms with van der Waals surface area (Å²) >= 11 is 0. The molecule has 0 radical (unpaired) electrons. The number of nitrogen functional groups attached to an aromatic ring is 1. The number of hydrogen-bond acceptors (Lipinski definition) is 6. The lowest BCUT2D eigenvalue weighted by Crippen LogP contribution is -2.20. The molecular weight excluding hydrogens is 208 g/mol. The van der Waals surface area contributed by atoms with Crippen LogP contribution in [0.3, 0.4) is 0 Å². The molecule has 0 amide bonds. The number of nitrogens with two attached hydrogens (primary N) is 1. The number of aliphatic hydroxyl groups excluding tert-OH is 1. The molecule has 0 unspecified atom stereocenters. The predicted molar refractivity (Wildman–Crippen MR) is 60.2 cm³/mol. The number of hydrogen-bond donors (Lipinski definition) is 3. The van der Waals surface area contributed by atoms with E-state index in [4.69, 9.17) is 10.5 Å². The van der Waals surface area contributed by atoms with Crippen LogP contribution in [-0.2, 0) is 0 Å². The number of methoxy groups -OCH3 is 1. The number of aliphatic hydroxyl groups is 1. The second-order valence-corrected chi connectivity index (χ2v) is 4.16. The second-order valence-electron chi connectivity index (χ2n) is 4.16. The monoisotopic (exact) mass is 224 g/mol. The van der Waals surface area contributed by atoms with Gasteiger partial charge in [0.1, 0.15) is 12.0 Å². The van der Waals surface area contributed by atoms with Gasteiger partial charge < -0.3 is 20.9 Å². The molecule has 1 saturated carbocycles. The fourth-order valence-corrected chi connectivity index (χ4v) is 1.52. The van der Waals surface area contributed by atoms with E-state index in [0.717, 1.165) is 12.8 Å². The van der Waals surface area contributed by atoms with Crippen molar-refractivity contribution in [3.8, 4) is 5.88 Å². The van der Waals surface area contributed by atoms with Crippen molar-refractivity contribution in [3.63, 3.8) is 0 Å². The third-order valence-corrected chi connectivity index (χ3v) is 2.96. The molecule has 0 spiro atoms. The quantitative estimate of drug-likeness (QED) is 0.664. The van der Waals surface area contributed by atoms with Crippen LogP contribution in [0.4, 0.5) is 11.5 Å². The molecule has 16 heavy (non-hydrogen) atoms. The predicted octanol–water partition coefficient (Wildman–Crippen LogP) is 0.252. The molecule has 0 bridgehead atoms. The van der Waals surface area contributed by atoms with Crippen LogP contribution in [-0.4, -0.2) is 35.3 Å². The largest absolute Gasteiger partial charge is 0.479 e. The van der Waals surface area contributed by atoms with Crippen molar-refractivity contribution in [3.05, 3.63) is 6.33 Å². The zero-order chi connectivity index (χ0) is 11.6. The topological polar surface area (TPSA) is 93.3 Å². The first-order valence-electron chi connectivity index (χ1n) is 5.20. The molecule has 88 valence electrons. The Morgan fingerprint density at radius 3 is 2.88 bits per heavy atom. The van der Waals surface area contributed by atoms with Crippen molar-refractivity contribution >= 4 is 11.5 Å². The SMILES string of the molecule is COc1ncnc(NCC2(CO)CC2)c1N. The van der Waals surface area contributed by atoms with Crippen molar-refractivity contribution in [2.24, 2.45) is 5.41 Å². The average molecular weight is 224 g/mol. The van der Waals surface area contributed by atoms with Crippen LogP contribution in [0, 0.1) is 5.41 Å². The first kappa shape index (κ1) is 10.9. The van der Waals surface area contributed by atoms with Gasteiger partial charge >= 0.3 is 0 Å². The van der Waals surface area contributed by atoms with Crippen molar-refractivity contribution in [2.45, 2.75) is 12.8 Å². The van der Waals surface area contributed by atoms with E-state index in [9.17, 15) is 5.11 Å². The van der Waals surface area contributed by atoms with E-state index in [2.05, 4.69) is 15.3 Å². The van der Waals surface area contributed by atoms with Gasteiger partial charge in [-0.3, -0.25) is 0 Å². The molecule has 4 N–H and O–H groups in total. The Morgan fingerprint density at radius 1 is 1.56 bits per heavy atom. The van der Waals surface area contributed by atoms with Gasteiger partial charge in [0.2, 0.25) is 5.88 Å². The van der Waals surface area contributed by atoms with E-state index in [0.29, 0.717) is 23.9 Å². The molecule has 6 nitrogen and oxygen atoms in total. The third kappa shape index (κ3) is 2.01. The lowest BCUT2D eigenvalue weighted by atomic mass is 10.1. The third-order valence-electron chi connectivity index (χ3n) is 2.96. The molecule has 1 aromatic rings. The summed E-state index contributed by atoms with van der Waals surface area (Å²) in [5, 5.41) is 12.3. The lowest BCUT2D eigenvalue weighted by Gasteiger charge is -2.14. The summed E-state index contributed by atoms with van der Waals surface area (Å²) in [6.07, 6.45) is 3.48. The number of nitrogens with one attached hydrogen (secondary N) is 1. The zero-order valence-electron chi connectivity index (χ0n) is 9.23. The minimum Gasteiger partial charge on any atom is -0.479 e. The van der Waals surface area contributed by atoms with E-state index in [-0.39, 0.29) is 12.0 Å². The standard InChI is InChI=1S/C10H16N4O2/c1-16-9-7(11)8(13-6-14-9)12-4-10(5-15)2-3-10/h6,15H,2-5,11H2,1H3,(H,12,13,14). The van der Waals surface area contributed by atoms with Crippen molar-refractivity contribution in [1.29, 1.82) is 0 Å². The smallest absolute Gasteiger partial charge is 0.242 e. The van der Waals surface area contributed by atoms with Crippen LogP contribution in [0.15, 0.2) is 6.33 Å². The van der Waals surface area contributed by atoms with Gasteiger partial charge in [0, 0.05) is 12.0 Å². The Bertz CT molecular complexity index is 379. The molecule has 1 aliphatic rings. The molecule has 1 aromatic heterocycles. The van der Waals surface area contributed by atoms with E-state index >= 15 is 0 Å². The lowest BCUT2D eigenvalue weighted by molar-refractivity contribution is 0.219. The van der Waals surface area contributed by atoms with Gasteiger partial charge in [0.15, 0.2) is 5.82 Å². The van der Waals surface area contributed by atoms with Crippen LogP contribution < -0.4 is 15.8 Å². The molecule has 1 aliphatic carbocycles. The fourth-order valence-electron chi connectivity index (χ4n) is 1.52. The Morgan fingerprint density at radius 2 is 2.31 bits per heavy atom. The minimum absolute atomic E-state index is 0.0185. The van der Waals surface area contributed by atoms with Crippen LogP contribution in [0.2, 0.25) is 0 Å². The van der Waals surface area contributed by atoms with Gasteiger partial charge in [-0.1, -0.05) is 0 Å². The highest BCUT2D eigenvalue weighted by molar-refractivity contribution is 5.66. The number of nitrogens with zero attached hydrogens (tertiary/aromatic N) is 2. The maximum Gasteiger partial charge on any atom is 0.242 e. The maximum absolute atomic E-state index is 9.18. The van der Waals surface area contributed by atoms with Crippen LogP contribution in [0.25, 0.3) is 0 Å². The van der Waals surface area contributed by atoms with Crippen LogP contribution in [0.1, 0.15) is 12.8 Å². The Labute approximate surface area is 93.9 Å².